The highest BCUT2D eigenvalue weighted by Gasteiger charge is 2.20. The minimum atomic E-state index is -0.764. The van der Waals surface area contributed by atoms with Crippen molar-refractivity contribution in [2.75, 3.05) is 0 Å². The topological polar surface area (TPSA) is 118 Å². The van der Waals surface area contributed by atoms with Crippen molar-refractivity contribution >= 4 is 17.0 Å². The lowest BCUT2D eigenvalue weighted by molar-refractivity contribution is -0.150. The minimum absolute atomic E-state index is 0.169. The number of nitrogens with zero attached hydrogens (tertiary/aromatic N) is 6. The van der Waals surface area contributed by atoms with Gasteiger partial charge in [0.2, 0.25) is 5.89 Å². The summed E-state index contributed by atoms with van der Waals surface area (Å²) in [6, 6.07) is 7.62. The number of carbonyl (C=O) groups excluding carboxylic acids is 1. The van der Waals surface area contributed by atoms with Crippen LogP contribution in [0.1, 0.15) is 24.5 Å². The van der Waals surface area contributed by atoms with Gasteiger partial charge in [0, 0.05) is 12.6 Å². The summed E-state index contributed by atoms with van der Waals surface area (Å²) in [6.45, 7) is 3.31. The van der Waals surface area contributed by atoms with E-state index in [0.717, 1.165) is 11.1 Å². The van der Waals surface area contributed by atoms with E-state index < -0.39 is 12.1 Å². The number of ether oxygens (including phenoxy) is 1. The molecule has 0 saturated carbocycles. The molecular formula is C19H18N6O4. The van der Waals surface area contributed by atoms with Crippen LogP contribution in [0.15, 0.2) is 46.0 Å². The summed E-state index contributed by atoms with van der Waals surface area (Å²) in [5.74, 6) is -0.118. The maximum atomic E-state index is 12.4. The fourth-order valence-electron chi connectivity index (χ4n) is 2.81. The number of fused-ring (bicyclic) bond motifs is 1. The van der Waals surface area contributed by atoms with Crippen molar-refractivity contribution in [2.45, 2.75) is 26.5 Å². The zero-order chi connectivity index (χ0) is 20.5. The van der Waals surface area contributed by atoms with Crippen LogP contribution in [0.3, 0.4) is 0 Å². The van der Waals surface area contributed by atoms with E-state index in [1.807, 2.05) is 31.2 Å². The molecule has 4 aromatic rings. The van der Waals surface area contributed by atoms with Crippen LogP contribution in [-0.2, 0) is 23.1 Å². The molecule has 1 atom stereocenters. The Labute approximate surface area is 164 Å². The lowest BCUT2D eigenvalue weighted by atomic mass is 10.1. The second-order valence-corrected chi connectivity index (χ2v) is 6.63. The first-order valence-corrected chi connectivity index (χ1v) is 8.89. The Morgan fingerprint density at radius 2 is 2.00 bits per heavy atom. The number of esters is 1. The second-order valence-electron chi connectivity index (χ2n) is 6.63. The molecule has 0 fully saturated rings. The molecule has 0 amide bonds. The van der Waals surface area contributed by atoms with Gasteiger partial charge in [-0.05, 0) is 26.0 Å². The summed E-state index contributed by atoms with van der Waals surface area (Å²) in [5, 5.41) is 12.3. The molecule has 0 N–H and O–H groups in total. The van der Waals surface area contributed by atoms with Crippen LogP contribution in [0.2, 0.25) is 0 Å². The molecule has 0 radical (unpaired) electrons. The van der Waals surface area contributed by atoms with Gasteiger partial charge in [-0.3, -0.25) is 18.8 Å². The van der Waals surface area contributed by atoms with Crippen molar-refractivity contribution in [3.05, 3.63) is 58.6 Å². The third kappa shape index (κ3) is 3.64. The van der Waals surface area contributed by atoms with E-state index in [0.29, 0.717) is 16.9 Å². The van der Waals surface area contributed by atoms with Gasteiger partial charge in [0.1, 0.15) is 18.3 Å². The van der Waals surface area contributed by atoms with E-state index in [1.54, 1.807) is 14.0 Å². The highest BCUT2D eigenvalue weighted by molar-refractivity contribution is 5.74. The highest BCUT2D eigenvalue weighted by Crippen LogP contribution is 2.22. The monoisotopic (exact) mass is 394 g/mol. The number of hydrogen-bond acceptors (Lipinski definition) is 8. The van der Waals surface area contributed by atoms with Crippen LogP contribution in [0.4, 0.5) is 0 Å². The number of hydrogen-bond donors (Lipinski definition) is 0. The molecule has 10 heteroatoms. The normalized spacial score (nSPS) is 12.2. The fourth-order valence-corrected chi connectivity index (χ4v) is 2.81. The number of rotatable bonds is 5. The number of aryl methyl sites for hydroxylation is 2. The summed E-state index contributed by atoms with van der Waals surface area (Å²) in [4.78, 5) is 28.9. The first kappa shape index (κ1) is 18.5. The molecule has 10 nitrogen and oxygen atoms in total. The maximum Gasteiger partial charge on any atom is 0.326 e. The van der Waals surface area contributed by atoms with Gasteiger partial charge in [-0.25, -0.2) is 4.98 Å². The lowest BCUT2D eigenvalue weighted by Gasteiger charge is -2.10. The molecule has 0 saturated heterocycles. The largest absolute Gasteiger partial charge is 0.451 e. The van der Waals surface area contributed by atoms with E-state index in [9.17, 15) is 9.59 Å². The van der Waals surface area contributed by atoms with Gasteiger partial charge in [-0.2, -0.15) is 5.10 Å². The Bertz CT molecular complexity index is 1240. The van der Waals surface area contributed by atoms with Crippen molar-refractivity contribution in [3.8, 4) is 11.5 Å². The van der Waals surface area contributed by atoms with E-state index in [1.165, 1.54) is 21.8 Å². The van der Waals surface area contributed by atoms with Gasteiger partial charge in [0.05, 0.1) is 6.20 Å². The van der Waals surface area contributed by atoms with Gasteiger partial charge in [0.15, 0.2) is 11.8 Å². The van der Waals surface area contributed by atoms with E-state index in [-0.39, 0.29) is 18.0 Å². The molecule has 0 aliphatic carbocycles. The SMILES string of the molecule is Cc1ccc(-c2nnc(C(C)OC(=O)Cn3cnc4c(cnn4C)c3=O)o2)cc1. The zero-order valence-corrected chi connectivity index (χ0v) is 16.1. The molecule has 3 aromatic heterocycles. The van der Waals surface area contributed by atoms with Crippen LogP contribution in [0.25, 0.3) is 22.5 Å². The van der Waals surface area contributed by atoms with Crippen molar-refractivity contribution in [1.82, 2.24) is 29.5 Å². The smallest absolute Gasteiger partial charge is 0.326 e. The molecule has 1 aromatic carbocycles. The third-order valence-electron chi connectivity index (χ3n) is 4.41. The summed E-state index contributed by atoms with van der Waals surface area (Å²) in [7, 11) is 1.68. The summed E-state index contributed by atoms with van der Waals surface area (Å²) in [6.07, 6.45) is 1.95. The molecule has 0 bridgehead atoms. The standard InChI is InChI=1S/C19H18N6O4/c1-11-4-6-13(7-5-11)18-23-22-17(29-18)12(2)28-15(26)9-25-10-20-16-14(19(25)27)8-21-24(16)3/h4-8,10,12H,9H2,1-3H3. The lowest BCUT2D eigenvalue weighted by Crippen LogP contribution is -2.26. The Balaban J connectivity index is 1.45. The molecular weight excluding hydrogens is 376 g/mol. The second kappa shape index (κ2) is 7.30. The minimum Gasteiger partial charge on any atom is -0.451 e. The Morgan fingerprint density at radius 3 is 2.76 bits per heavy atom. The Morgan fingerprint density at radius 1 is 1.24 bits per heavy atom. The summed E-state index contributed by atoms with van der Waals surface area (Å²) >= 11 is 0. The van der Waals surface area contributed by atoms with Gasteiger partial charge in [-0.1, -0.05) is 17.7 Å². The number of aromatic nitrogens is 6. The summed E-state index contributed by atoms with van der Waals surface area (Å²) < 4.78 is 13.6. The van der Waals surface area contributed by atoms with Gasteiger partial charge in [-0.15, -0.1) is 10.2 Å². The first-order valence-electron chi connectivity index (χ1n) is 8.89. The summed E-state index contributed by atoms with van der Waals surface area (Å²) in [5.41, 5.74) is 1.97. The Hall–Kier alpha value is -3.82. The van der Waals surface area contributed by atoms with Crippen LogP contribution >= 0.6 is 0 Å². The zero-order valence-electron chi connectivity index (χ0n) is 16.1. The van der Waals surface area contributed by atoms with Crippen molar-refractivity contribution in [3.63, 3.8) is 0 Å². The number of carbonyl (C=O) groups is 1. The molecule has 4 rings (SSSR count). The average Bonchev–Trinajstić information content (AvgIpc) is 3.32. The fraction of sp³-hybridized carbons (Fsp3) is 0.263. The highest BCUT2D eigenvalue weighted by atomic mass is 16.6. The predicted molar refractivity (Wildman–Crippen MR) is 102 cm³/mol. The van der Waals surface area contributed by atoms with Crippen LogP contribution in [-0.4, -0.2) is 35.5 Å². The molecule has 29 heavy (non-hydrogen) atoms. The Kier molecular flexibility index (Phi) is 4.67. The molecule has 1 unspecified atom stereocenters. The van der Waals surface area contributed by atoms with Crippen molar-refractivity contribution < 1.29 is 13.9 Å². The molecule has 0 aliphatic rings. The van der Waals surface area contributed by atoms with E-state index >= 15 is 0 Å². The quantitative estimate of drug-likeness (QED) is 0.470. The van der Waals surface area contributed by atoms with Gasteiger partial charge >= 0.3 is 5.97 Å². The van der Waals surface area contributed by atoms with Crippen LogP contribution in [0, 0.1) is 6.92 Å². The first-order chi connectivity index (χ1) is 13.9. The molecule has 148 valence electrons. The van der Waals surface area contributed by atoms with Crippen molar-refractivity contribution in [2.24, 2.45) is 7.05 Å². The number of benzene rings is 1. The van der Waals surface area contributed by atoms with Crippen molar-refractivity contribution in [1.29, 1.82) is 0 Å². The molecule has 0 spiro atoms. The molecule has 3 heterocycles. The maximum absolute atomic E-state index is 12.4. The third-order valence-corrected chi connectivity index (χ3v) is 4.41. The van der Waals surface area contributed by atoms with Crippen LogP contribution in [0.5, 0.6) is 0 Å². The van der Waals surface area contributed by atoms with Gasteiger partial charge < -0.3 is 9.15 Å². The van der Waals surface area contributed by atoms with E-state index in [4.69, 9.17) is 9.15 Å². The van der Waals surface area contributed by atoms with E-state index in [2.05, 4.69) is 20.3 Å². The molecule has 0 aliphatic heterocycles. The van der Waals surface area contributed by atoms with Gasteiger partial charge in [0.25, 0.3) is 11.4 Å². The average molecular weight is 394 g/mol. The predicted octanol–water partition coefficient (Wildman–Crippen LogP) is 1.79. The van der Waals surface area contributed by atoms with Crippen LogP contribution < -0.4 is 5.56 Å².